The lowest BCUT2D eigenvalue weighted by atomic mass is 10.1. The van der Waals surface area contributed by atoms with E-state index in [1.807, 2.05) is 13.0 Å². The van der Waals surface area contributed by atoms with Gasteiger partial charge in [0, 0.05) is 18.3 Å². The highest BCUT2D eigenvalue weighted by atomic mass is 16.6. The minimum Gasteiger partial charge on any atom is -0.458 e. The molecule has 0 unspecified atom stereocenters. The molecule has 0 aliphatic rings. The summed E-state index contributed by atoms with van der Waals surface area (Å²) in [7, 11) is 0. The molecule has 2 aromatic carbocycles. The summed E-state index contributed by atoms with van der Waals surface area (Å²) < 4.78 is 5.46. The molecule has 2 rings (SSSR count). The zero-order chi connectivity index (χ0) is 21.6. The minimum absolute atomic E-state index is 0.205. The largest absolute Gasteiger partial charge is 0.458 e. The molecule has 0 spiro atoms. The topological polar surface area (TPSA) is 96.5 Å². The SMILES string of the molecule is CC(=O)Nc1cc(NC(=O)N[C@@H](C(=O)OC(C)(C)C)c2ccccc2)ccc1C. The fraction of sp³-hybridized carbons (Fsp3) is 0.318. The third-order valence-electron chi connectivity index (χ3n) is 3.86. The van der Waals surface area contributed by atoms with Crippen molar-refractivity contribution >= 4 is 29.3 Å². The molecule has 0 saturated heterocycles. The Morgan fingerprint density at radius 1 is 0.966 bits per heavy atom. The van der Waals surface area contributed by atoms with Gasteiger partial charge in [0.2, 0.25) is 5.91 Å². The van der Waals surface area contributed by atoms with E-state index in [0.717, 1.165) is 5.56 Å². The van der Waals surface area contributed by atoms with Gasteiger partial charge < -0.3 is 20.7 Å². The first-order chi connectivity index (χ1) is 13.5. The number of anilines is 2. The number of rotatable bonds is 5. The molecule has 1 atom stereocenters. The molecule has 0 heterocycles. The molecule has 0 aliphatic heterocycles. The molecule has 0 saturated carbocycles. The lowest BCUT2D eigenvalue weighted by Crippen LogP contribution is -2.40. The maximum atomic E-state index is 12.7. The summed E-state index contributed by atoms with van der Waals surface area (Å²) in [5, 5.41) is 8.07. The normalized spacial score (nSPS) is 11.9. The lowest BCUT2D eigenvalue weighted by Gasteiger charge is -2.25. The van der Waals surface area contributed by atoms with Crippen molar-refractivity contribution in [3.63, 3.8) is 0 Å². The van der Waals surface area contributed by atoms with Crippen LogP contribution in [0.15, 0.2) is 48.5 Å². The van der Waals surface area contributed by atoms with E-state index in [2.05, 4.69) is 16.0 Å². The second kappa shape index (κ2) is 9.23. The summed E-state index contributed by atoms with van der Waals surface area (Å²) in [6, 6.07) is 12.5. The van der Waals surface area contributed by atoms with Gasteiger partial charge in [-0.2, -0.15) is 0 Å². The molecule has 29 heavy (non-hydrogen) atoms. The molecule has 3 N–H and O–H groups in total. The fourth-order valence-corrected chi connectivity index (χ4v) is 2.61. The number of amides is 3. The van der Waals surface area contributed by atoms with Crippen molar-refractivity contribution in [2.75, 3.05) is 10.6 Å². The average Bonchev–Trinajstić information content (AvgIpc) is 2.61. The van der Waals surface area contributed by atoms with Gasteiger partial charge in [-0.1, -0.05) is 36.4 Å². The van der Waals surface area contributed by atoms with Gasteiger partial charge >= 0.3 is 12.0 Å². The number of aryl methyl sites for hydroxylation is 1. The van der Waals surface area contributed by atoms with E-state index in [0.29, 0.717) is 16.9 Å². The highest BCUT2D eigenvalue weighted by Gasteiger charge is 2.28. The first-order valence-electron chi connectivity index (χ1n) is 9.29. The van der Waals surface area contributed by atoms with Crippen molar-refractivity contribution in [2.45, 2.75) is 46.3 Å². The zero-order valence-corrected chi connectivity index (χ0v) is 17.3. The van der Waals surface area contributed by atoms with Crippen LogP contribution in [0.25, 0.3) is 0 Å². The number of carbonyl (C=O) groups is 3. The molecule has 7 heteroatoms. The Hall–Kier alpha value is -3.35. The summed E-state index contributed by atoms with van der Waals surface area (Å²) in [5.74, 6) is -0.759. The molecular weight excluding hydrogens is 370 g/mol. The Balaban J connectivity index is 2.18. The van der Waals surface area contributed by atoms with Gasteiger partial charge in [0.25, 0.3) is 0 Å². The molecule has 0 aromatic heterocycles. The van der Waals surface area contributed by atoms with Crippen LogP contribution in [0.2, 0.25) is 0 Å². The van der Waals surface area contributed by atoms with Crippen LogP contribution in [-0.2, 0) is 14.3 Å². The summed E-state index contributed by atoms with van der Waals surface area (Å²) in [5.41, 5.74) is 1.86. The van der Waals surface area contributed by atoms with Crippen LogP contribution in [0, 0.1) is 6.92 Å². The number of nitrogens with one attached hydrogen (secondary N) is 3. The number of urea groups is 1. The first-order valence-corrected chi connectivity index (χ1v) is 9.29. The smallest absolute Gasteiger partial charge is 0.333 e. The molecule has 7 nitrogen and oxygen atoms in total. The predicted octanol–water partition coefficient (Wildman–Crippen LogP) is 4.16. The number of carbonyl (C=O) groups excluding carboxylic acids is 3. The maximum Gasteiger partial charge on any atom is 0.333 e. The first kappa shape index (κ1) is 21.9. The van der Waals surface area contributed by atoms with Crippen LogP contribution in [-0.4, -0.2) is 23.5 Å². The lowest BCUT2D eigenvalue weighted by molar-refractivity contribution is -0.157. The molecule has 2 aromatic rings. The van der Waals surface area contributed by atoms with Gasteiger partial charge in [0.1, 0.15) is 5.60 Å². The second-order valence-electron chi connectivity index (χ2n) is 7.69. The van der Waals surface area contributed by atoms with Crippen LogP contribution >= 0.6 is 0 Å². The van der Waals surface area contributed by atoms with Crippen molar-refractivity contribution < 1.29 is 19.1 Å². The van der Waals surface area contributed by atoms with Crippen molar-refractivity contribution in [1.29, 1.82) is 0 Å². The highest BCUT2D eigenvalue weighted by molar-refractivity contribution is 5.95. The van der Waals surface area contributed by atoms with E-state index < -0.39 is 23.6 Å². The Bertz CT molecular complexity index is 889. The summed E-state index contributed by atoms with van der Waals surface area (Å²) in [4.78, 5) is 36.6. The molecule has 0 aliphatic carbocycles. The number of hydrogen-bond acceptors (Lipinski definition) is 4. The van der Waals surface area contributed by atoms with Gasteiger partial charge in [-0.25, -0.2) is 9.59 Å². The van der Waals surface area contributed by atoms with E-state index in [-0.39, 0.29) is 5.91 Å². The monoisotopic (exact) mass is 397 g/mol. The predicted molar refractivity (Wildman–Crippen MR) is 113 cm³/mol. The quantitative estimate of drug-likeness (QED) is 0.660. The number of benzene rings is 2. The molecule has 154 valence electrons. The van der Waals surface area contributed by atoms with E-state index >= 15 is 0 Å². The Kier molecular flexibility index (Phi) is 6.98. The van der Waals surface area contributed by atoms with E-state index in [1.54, 1.807) is 63.2 Å². The minimum atomic E-state index is -0.962. The molecular formula is C22H27N3O4. The summed E-state index contributed by atoms with van der Waals surface area (Å²) in [6.07, 6.45) is 0. The van der Waals surface area contributed by atoms with Crippen molar-refractivity contribution in [3.8, 4) is 0 Å². The van der Waals surface area contributed by atoms with E-state index in [1.165, 1.54) is 6.92 Å². The number of esters is 1. The average molecular weight is 397 g/mol. The number of ether oxygens (including phenoxy) is 1. The summed E-state index contributed by atoms with van der Waals surface area (Å²) in [6.45, 7) is 8.56. The Morgan fingerprint density at radius 2 is 1.62 bits per heavy atom. The van der Waals surface area contributed by atoms with Gasteiger partial charge in [-0.15, -0.1) is 0 Å². The molecule has 3 amide bonds. The van der Waals surface area contributed by atoms with Gasteiger partial charge in [-0.05, 0) is 51.0 Å². The summed E-state index contributed by atoms with van der Waals surface area (Å²) >= 11 is 0. The second-order valence-corrected chi connectivity index (χ2v) is 7.69. The standard InChI is InChI=1S/C22H27N3O4/c1-14-11-12-17(13-18(14)23-15(2)26)24-21(28)25-19(16-9-7-6-8-10-16)20(27)29-22(3,4)5/h6-13,19H,1-5H3,(H,23,26)(H2,24,25,28)/t19-/m1/s1. The van der Waals surface area contributed by atoms with Crippen LogP contribution in [0.3, 0.4) is 0 Å². The zero-order valence-electron chi connectivity index (χ0n) is 17.3. The molecule has 0 bridgehead atoms. The Morgan fingerprint density at radius 3 is 2.21 bits per heavy atom. The third kappa shape index (κ3) is 6.95. The van der Waals surface area contributed by atoms with Gasteiger partial charge in [-0.3, -0.25) is 4.79 Å². The third-order valence-corrected chi connectivity index (χ3v) is 3.86. The van der Waals surface area contributed by atoms with E-state index in [9.17, 15) is 14.4 Å². The molecule has 0 radical (unpaired) electrons. The fourth-order valence-electron chi connectivity index (χ4n) is 2.61. The number of hydrogen-bond donors (Lipinski definition) is 3. The maximum absolute atomic E-state index is 12.7. The van der Waals surface area contributed by atoms with Crippen molar-refractivity contribution in [1.82, 2.24) is 5.32 Å². The Labute approximate surface area is 170 Å². The highest BCUT2D eigenvalue weighted by Crippen LogP contribution is 2.22. The van der Waals surface area contributed by atoms with Crippen LogP contribution in [0.1, 0.15) is 44.9 Å². The van der Waals surface area contributed by atoms with Crippen molar-refractivity contribution in [3.05, 3.63) is 59.7 Å². The van der Waals surface area contributed by atoms with Crippen LogP contribution in [0.5, 0.6) is 0 Å². The van der Waals surface area contributed by atoms with Gasteiger partial charge in [0.05, 0.1) is 0 Å². The molecule has 0 fully saturated rings. The van der Waals surface area contributed by atoms with Crippen LogP contribution in [0.4, 0.5) is 16.2 Å². The van der Waals surface area contributed by atoms with Gasteiger partial charge in [0.15, 0.2) is 6.04 Å². The van der Waals surface area contributed by atoms with E-state index in [4.69, 9.17) is 4.74 Å². The van der Waals surface area contributed by atoms with Crippen molar-refractivity contribution in [2.24, 2.45) is 0 Å². The van der Waals surface area contributed by atoms with Crippen LogP contribution < -0.4 is 16.0 Å².